The molecule has 1 saturated heterocycles. The standard InChI is InChI=1S/C27H36N4O2/c1-26(2,3)20-12-10-19(11-13-20)24-21(30-14-8-7-9-23(30)28-24)17-29-15-16-31(25(32)33)22(18-29)27(4,5)6/h7-14,22H,15-18H2,1-6H3,(H,32,33). The topological polar surface area (TPSA) is 61.1 Å². The largest absolute Gasteiger partial charge is 0.465 e. The molecule has 33 heavy (non-hydrogen) atoms. The van der Waals surface area contributed by atoms with Gasteiger partial charge < -0.3 is 14.4 Å². The third-order valence-electron chi connectivity index (χ3n) is 6.74. The van der Waals surface area contributed by atoms with E-state index in [2.05, 4.69) is 81.3 Å². The highest BCUT2D eigenvalue weighted by molar-refractivity contribution is 5.67. The van der Waals surface area contributed by atoms with Gasteiger partial charge in [0.1, 0.15) is 5.65 Å². The van der Waals surface area contributed by atoms with Crippen LogP contribution >= 0.6 is 0 Å². The highest BCUT2D eigenvalue weighted by Crippen LogP contribution is 2.32. The number of rotatable bonds is 3. The Balaban J connectivity index is 1.69. The van der Waals surface area contributed by atoms with E-state index in [4.69, 9.17) is 4.98 Å². The zero-order chi connectivity index (χ0) is 24.0. The number of piperazine rings is 1. The van der Waals surface area contributed by atoms with Crippen LogP contribution in [0.2, 0.25) is 0 Å². The number of imidazole rings is 1. The van der Waals surface area contributed by atoms with Crippen LogP contribution in [0.1, 0.15) is 52.8 Å². The van der Waals surface area contributed by atoms with Gasteiger partial charge in [-0.05, 0) is 28.5 Å². The summed E-state index contributed by atoms with van der Waals surface area (Å²) in [5.74, 6) is 0. The molecule has 1 aliphatic rings. The summed E-state index contributed by atoms with van der Waals surface area (Å²) < 4.78 is 2.17. The van der Waals surface area contributed by atoms with Crippen molar-refractivity contribution in [3.8, 4) is 11.3 Å². The molecule has 0 aliphatic carbocycles. The first-order valence-corrected chi connectivity index (χ1v) is 11.7. The minimum Gasteiger partial charge on any atom is -0.465 e. The summed E-state index contributed by atoms with van der Waals surface area (Å²) in [5, 5.41) is 9.72. The molecule has 0 bridgehead atoms. The van der Waals surface area contributed by atoms with Gasteiger partial charge in [-0.1, -0.05) is 71.9 Å². The Hall–Kier alpha value is -2.86. The fourth-order valence-corrected chi connectivity index (χ4v) is 4.72. The molecule has 1 fully saturated rings. The van der Waals surface area contributed by atoms with Gasteiger partial charge in [-0.25, -0.2) is 9.78 Å². The van der Waals surface area contributed by atoms with E-state index < -0.39 is 6.09 Å². The van der Waals surface area contributed by atoms with Crippen molar-refractivity contribution in [3.63, 3.8) is 0 Å². The summed E-state index contributed by atoms with van der Waals surface area (Å²) in [7, 11) is 0. The summed E-state index contributed by atoms with van der Waals surface area (Å²) >= 11 is 0. The summed E-state index contributed by atoms with van der Waals surface area (Å²) in [4.78, 5) is 20.8. The lowest BCUT2D eigenvalue weighted by Gasteiger charge is -2.46. The van der Waals surface area contributed by atoms with Crippen LogP contribution in [-0.4, -0.2) is 56.1 Å². The maximum atomic E-state index is 11.8. The molecule has 1 unspecified atom stereocenters. The van der Waals surface area contributed by atoms with E-state index in [9.17, 15) is 9.90 Å². The van der Waals surface area contributed by atoms with Crippen molar-refractivity contribution in [2.75, 3.05) is 19.6 Å². The first kappa shape index (κ1) is 23.3. The first-order chi connectivity index (χ1) is 15.4. The molecule has 1 atom stereocenters. The first-order valence-electron chi connectivity index (χ1n) is 11.7. The second kappa shape index (κ2) is 8.49. The van der Waals surface area contributed by atoms with E-state index in [0.717, 1.165) is 29.1 Å². The van der Waals surface area contributed by atoms with E-state index in [1.165, 1.54) is 5.56 Å². The van der Waals surface area contributed by atoms with Crippen molar-refractivity contribution in [1.29, 1.82) is 0 Å². The molecule has 1 aliphatic heterocycles. The van der Waals surface area contributed by atoms with Gasteiger partial charge in [-0.2, -0.15) is 0 Å². The highest BCUT2D eigenvalue weighted by Gasteiger charge is 2.38. The molecule has 6 heteroatoms. The second-order valence-electron chi connectivity index (χ2n) is 11.3. The Kier molecular flexibility index (Phi) is 5.99. The van der Waals surface area contributed by atoms with Crippen LogP contribution in [0.3, 0.4) is 0 Å². The third kappa shape index (κ3) is 4.76. The van der Waals surface area contributed by atoms with Gasteiger partial charge in [0.2, 0.25) is 0 Å². The number of benzene rings is 1. The Labute approximate surface area is 196 Å². The van der Waals surface area contributed by atoms with Gasteiger partial charge in [0.15, 0.2) is 0 Å². The number of hydrogen-bond acceptors (Lipinski definition) is 3. The van der Waals surface area contributed by atoms with Crippen LogP contribution in [0.5, 0.6) is 0 Å². The highest BCUT2D eigenvalue weighted by atomic mass is 16.4. The average Bonchev–Trinajstić information content (AvgIpc) is 3.11. The van der Waals surface area contributed by atoms with E-state index in [1.807, 2.05) is 18.2 Å². The number of amides is 1. The maximum absolute atomic E-state index is 11.8. The predicted octanol–water partition coefficient (Wildman–Crippen LogP) is 5.51. The molecule has 1 N–H and O–H groups in total. The van der Waals surface area contributed by atoms with Crippen LogP contribution < -0.4 is 0 Å². The number of carbonyl (C=O) groups is 1. The van der Waals surface area contributed by atoms with Gasteiger partial charge in [0.05, 0.1) is 17.4 Å². The van der Waals surface area contributed by atoms with Crippen molar-refractivity contribution in [2.45, 2.75) is 59.5 Å². The number of aromatic nitrogens is 2. The minimum atomic E-state index is -0.830. The predicted molar refractivity (Wildman–Crippen MR) is 133 cm³/mol. The van der Waals surface area contributed by atoms with Gasteiger partial charge in [-0.3, -0.25) is 4.90 Å². The van der Waals surface area contributed by atoms with Crippen molar-refractivity contribution in [3.05, 3.63) is 59.9 Å². The smallest absolute Gasteiger partial charge is 0.407 e. The number of carboxylic acid groups (broad SMARTS) is 1. The third-order valence-corrected chi connectivity index (χ3v) is 6.74. The Morgan fingerprint density at radius 3 is 2.33 bits per heavy atom. The molecule has 3 aromatic rings. The molecular formula is C27H36N4O2. The zero-order valence-corrected chi connectivity index (χ0v) is 20.7. The number of pyridine rings is 1. The normalized spacial score (nSPS) is 18.1. The molecule has 0 spiro atoms. The van der Waals surface area contributed by atoms with Crippen LogP contribution in [0.4, 0.5) is 4.79 Å². The quantitative estimate of drug-likeness (QED) is 0.574. The van der Waals surface area contributed by atoms with Crippen LogP contribution in [0.25, 0.3) is 16.9 Å². The molecule has 1 amide bonds. The van der Waals surface area contributed by atoms with Gasteiger partial charge in [-0.15, -0.1) is 0 Å². The number of hydrogen-bond donors (Lipinski definition) is 1. The summed E-state index contributed by atoms with van der Waals surface area (Å²) in [6, 6.07) is 14.8. The molecule has 6 nitrogen and oxygen atoms in total. The van der Waals surface area contributed by atoms with Gasteiger partial charge in [0, 0.05) is 37.9 Å². The lowest BCUT2D eigenvalue weighted by atomic mass is 9.84. The Bertz CT molecular complexity index is 1140. The molecular weight excluding hydrogens is 412 g/mol. The van der Waals surface area contributed by atoms with E-state index in [-0.39, 0.29) is 16.9 Å². The fourth-order valence-electron chi connectivity index (χ4n) is 4.72. The van der Waals surface area contributed by atoms with Crippen LogP contribution in [-0.2, 0) is 12.0 Å². The molecule has 4 rings (SSSR count). The second-order valence-corrected chi connectivity index (χ2v) is 11.3. The molecule has 1 aromatic carbocycles. The Morgan fingerprint density at radius 1 is 1.03 bits per heavy atom. The van der Waals surface area contributed by atoms with Crippen molar-refractivity contribution < 1.29 is 9.90 Å². The van der Waals surface area contributed by atoms with E-state index in [1.54, 1.807) is 4.90 Å². The van der Waals surface area contributed by atoms with Crippen LogP contribution in [0.15, 0.2) is 48.7 Å². The maximum Gasteiger partial charge on any atom is 0.407 e. The van der Waals surface area contributed by atoms with Crippen molar-refractivity contribution in [1.82, 2.24) is 19.2 Å². The monoisotopic (exact) mass is 448 g/mol. The van der Waals surface area contributed by atoms with E-state index >= 15 is 0 Å². The summed E-state index contributed by atoms with van der Waals surface area (Å²) in [6.07, 6.45) is 1.24. The zero-order valence-electron chi connectivity index (χ0n) is 20.7. The summed E-state index contributed by atoms with van der Waals surface area (Å²) in [5.41, 5.74) is 5.44. The SMILES string of the molecule is CC(C)(C)c1ccc(-c2nc3ccccn3c2CN2CCN(C(=O)O)C(C(C)(C)C)C2)cc1. The molecule has 0 radical (unpaired) electrons. The number of fused-ring (bicyclic) bond motifs is 1. The van der Waals surface area contributed by atoms with Gasteiger partial charge >= 0.3 is 6.09 Å². The molecule has 0 saturated carbocycles. The van der Waals surface area contributed by atoms with Crippen molar-refractivity contribution >= 4 is 11.7 Å². The number of nitrogens with zero attached hydrogens (tertiary/aromatic N) is 4. The molecule has 2 aromatic heterocycles. The molecule has 176 valence electrons. The molecule has 3 heterocycles. The van der Waals surface area contributed by atoms with Crippen LogP contribution in [0, 0.1) is 5.41 Å². The van der Waals surface area contributed by atoms with E-state index in [0.29, 0.717) is 19.6 Å². The summed E-state index contributed by atoms with van der Waals surface area (Å²) in [6.45, 7) is 15.7. The van der Waals surface area contributed by atoms with Gasteiger partial charge in [0.25, 0.3) is 0 Å². The Morgan fingerprint density at radius 2 is 1.73 bits per heavy atom. The fraction of sp³-hybridized carbons (Fsp3) is 0.481. The average molecular weight is 449 g/mol. The lowest BCUT2D eigenvalue weighted by Crippen LogP contribution is -2.59. The lowest BCUT2D eigenvalue weighted by molar-refractivity contribution is 0.0186. The minimum absolute atomic E-state index is 0.0579. The van der Waals surface area contributed by atoms with Crippen molar-refractivity contribution in [2.24, 2.45) is 5.41 Å².